The van der Waals surface area contributed by atoms with Crippen LogP contribution in [0.25, 0.3) is 0 Å². The van der Waals surface area contributed by atoms with Gasteiger partial charge in [0.2, 0.25) is 0 Å². The molecule has 0 aromatic heterocycles. The summed E-state index contributed by atoms with van der Waals surface area (Å²) in [5.41, 5.74) is 0. The fourth-order valence-corrected chi connectivity index (χ4v) is 3.64. The van der Waals surface area contributed by atoms with Crippen molar-refractivity contribution >= 4 is 0 Å². The highest BCUT2D eigenvalue weighted by Gasteiger charge is 2.32. The van der Waals surface area contributed by atoms with Crippen LogP contribution in [-0.4, -0.2) is 50.3 Å². The number of rotatable bonds is 10. The highest BCUT2D eigenvalue weighted by molar-refractivity contribution is 4.91. The summed E-state index contributed by atoms with van der Waals surface area (Å²) in [6.07, 6.45) is 8.08. The van der Waals surface area contributed by atoms with E-state index < -0.39 is 0 Å². The fraction of sp³-hybridized carbons (Fsp3) is 1.00. The normalized spacial score (nSPS) is 27.1. The lowest BCUT2D eigenvalue weighted by Gasteiger charge is -2.43. The minimum Gasteiger partial charge on any atom is -0.383 e. The maximum absolute atomic E-state index is 5.29. The molecule has 0 aliphatic heterocycles. The van der Waals surface area contributed by atoms with Crippen molar-refractivity contribution < 1.29 is 4.74 Å². The van der Waals surface area contributed by atoms with E-state index in [1.54, 1.807) is 7.11 Å². The van der Waals surface area contributed by atoms with Crippen molar-refractivity contribution in [2.24, 2.45) is 5.92 Å². The second-order valence-electron chi connectivity index (χ2n) is 6.22. The summed E-state index contributed by atoms with van der Waals surface area (Å²) in [6, 6.07) is 1.38. The maximum atomic E-state index is 5.29. The van der Waals surface area contributed by atoms with Gasteiger partial charge in [0.15, 0.2) is 0 Å². The number of hydrogen-bond acceptors (Lipinski definition) is 3. The Hall–Kier alpha value is -0.120. The van der Waals surface area contributed by atoms with Gasteiger partial charge in [-0.15, -0.1) is 0 Å². The summed E-state index contributed by atoms with van der Waals surface area (Å²) in [6.45, 7) is 11.1. The van der Waals surface area contributed by atoms with Gasteiger partial charge in [-0.2, -0.15) is 0 Å². The third-order valence-electron chi connectivity index (χ3n) is 4.74. The van der Waals surface area contributed by atoms with Gasteiger partial charge in [0.25, 0.3) is 0 Å². The summed E-state index contributed by atoms with van der Waals surface area (Å²) in [7, 11) is 1.81. The molecule has 1 saturated carbocycles. The zero-order chi connectivity index (χ0) is 14.8. The first-order chi connectivity index (χ1) is 9.76. The molecule has 1 N–H and O–H groups in total. The number of nitrogens with zero attached hydrogens (tertiary/aromatic N) is 1. The van der Waals surface area contributed by atoms with Gasteiger partial charge in [0.1, 0.15) is 0 Å². The lowest BCUT2D eigenvalue weighted by Crippen LogP contribution is -2.54. The van der Waals surface area contributed by atoms with E-state index in [0.717, 1.165) is 32.2 Å². The molecular weight excluding hydrogens is 248 g/mol. The topological polar surface area (TPSA) is 24.5 Å². The van der Waals surface area contributed by atoms with E-state index in [-0.39, 0.29) is 0 Å². The Morgan fingerprint density at radius 3 is 2.55 bits per heavy atom. The zero-order valence-electron chi connectivity index (χ0n) is 14.2. The van der Waals surface area contributed by atoms with Crippen molar-refractivity contribution in [3.63, 3.8) is 0 Å². The smallest absolute Gasteiger partial charge is 0.0589 e. The van der Waals surface area contributed by atoms with Crippen LogP contribution in [0.15, 0.2) is 0 Å². The zero-order valence-corrected chi connectivity index (χ0v) is 14.2. The van der Waals surface area contributed by atoms with Crippen LogP contribution in [0.5, 0.6) is 0 Å². The highest BCUT2D eigenvalue weighted by Crippen LogP contribution is 2.31. The molecule has 1 aliphatic carbocycles. The van der Waals surface area contributed by atoms with Crippen LogP contribution < -0.4 is 5.32 Å². The monoisotopic (exact) mass is 284 g/mol. The largest absolute Gasteiger partial charge is 0.383 e. The van der Waals surface area contributed by atoms with Crippen LogP contribution in [-0.2, 0) is 4.74 Å². The van der Waals surface area contributed by atoms with Crippen LogP contribution in [0.4, 0.5) is 0 Å². The average Bonchev–Trinajstić information content (AvgIpc) is 2.47. The Balaban J connectivity index is 2.62. The number of methoxy groups -OCH3 is 1. The summed E-state index contributed by atoms with van der Waals surface area (Å²) >= 11 is 0. The van der Waals surface area contributed by atoms with Crippen LogP contribution in [0, 0.1) is 5.92 Å². The molecule has 0 bridgehead atoms. The Kier molecular flexibility index (Phi) is 9.49. The van der Waals surface area contributed by atoms with Gasteiger partial charge >= 0.3 is 0 Å². The van der Waals surface area contributed by atoms with Gasteiger partial charge in [-0.25, -0.2) is 0 Å². The Bertz CT molecular complexity index is 225. The molecule has 0 saturated heterocycles. The third-order valence-corrected chi connectivity index (χ3v) is 4.74. The number of ether oxygens (including phenoxy) is 1. The van der Waals surface area contributed by atoms with Crippen LogP contribution >= 0.6 is 0 Å². The molecule has 0 radical (unpaired) electrons. The fourth-order valence-electron chi connectivity index (χ4n) is 3.64. The van der Waals surface area contributed by atoms with E-state index in [1.165, 1.54) is 38.5 Å². The lowest BCUT2D eigenvalue weighted by molar-refractivity contribution is 0.0701. The SMILES string of the molecule is CCCNC1CCC(CCC)CC1N(CC)CCOC. The van der Waals surface area contributed by atoms with Gasteiger partial charge in [0.05, 0.1) is 6.61 Å². The minimum absolute atomic E-state index is 0.680. The van der Waals surface area contributed by atoms with Gasteiger partial charge in [-0.1, -0.05) is 33.6 Å². The van der Waals surface area contributed by atoms with E-state index in [4.69, 9.17) is 4.74 Å². The molecule has 0 amide bonds. The molecule has 1 rings (SSSR count). The molecule has 120 valence electrons. The summed E-state index contributed by atoms with van der Waals surface area (Å²) in [5, 5.41) is 3.79. The summed E-state index contributed by atoms with van der Waals surface area (Å²) < 4.78 is 5.29. The van der Waals surface area contributed by atoms with Crippen LogP contribution in [0.2, 0.25) is 0 Å². The van der Waals surface area contributed by atoms with Gasteiger partial charge in [-0.3, -0.25) is 4.90 Å². The highest BCUT2D eigenvalue weighted by atomic mass is 16.5. The van der Waals surface area contributed by atoms with E-state index in [0.29, 0.717) is 12.1 Å². The first kappa shape index (κ1) is 17.9. The molecule has 0 aromatic rings. The van der Waals surface area contributed by atoms with E-state index in [1.807, 2.05) is 0 Å². The van der Waals surface area contributed by atoms with Crippen molar-refractivity contribution in [2.45, 2.75) is 71.4 Å². The van der Waals surface area contributed by atoms with Gasteiger partial charge in [-0.05, 0) is 44.7 Å². The molecule has 3 unspecified atom stereocenters. The van der Waals surface area contributed by atoms with Gasteiger partial charge < -0.3 is 10.1 Å². The minimum atomic E-state index is 0.680. The molecule has 3 heteroatoms. The number of hydrogen-bond donors (Lipinski definition) is 1. The lowest BCUT2D eigenvalue weighted by atomic mass is 9.79. The molecule has 3 nitrogen and oxygen atoms in total. The van der Waals surface area contributed by atoms with Crippen molar-refractivity contribution in [3.05, 3.63) is 0 Å². The Morgan fingerprint density at radius 2 is 1.95 bits per heavy atom. The Morgan fingerprint density at radius 1 is 1.15 bits per heavy atom. The van der Waals surface area contributed by atoms with Crippen LogP contribution in [0.1, 0.15) is 59.3 Å². The summed E-state index contributed by atoms with van der Waals surface area (Å²) in [5.74, 6) is 0.932. The molecule has 0 heterocycles. The maximum Gasteiger partial charge on any atom is 0.0589 e. The van der Waals surface area contributed by atoms with E-state index in [9.17, 15) is 0 Å². The molecule has 1 fully saturated rings. The number of likely N-dealkylation sites (N-methyl/N-ethyl adjacent to an activating group) is 1. The molecule has 0 spiro atoms. The quantitative estimate of drug-likeness (QED) is 0.666. The second kappa shape index (κ2) is 10.6. The van der Waals surface area contributed by atoms with Crippen molar-refractivity contribution in [1.82, 2.24) is 10.2 Å². The average molecular weight is 284 g/mol. The standard InChI is InChI=1S/C17H36N2O/c1-5-8-15-9-10-16(18-11-6-2)17(14-15)19(7-3)12-13-20-4/h15-18H,5-14H2,1-4H3. The number of nitrogens with one attached hydrogen (secondary N) is 1. The van der Waals surface area contributed by atoms with E-state index in [2.05, 4.69) is 31.0 Å². The second-order valence-corrected chi connectivity index (χ2v) is 6.22. The Labute approximate surface area is 126 Å². The predicted molar refractivity (Wildman–Crippen MR) is 87.2 cm³/mol. The molecule has 20 heavy (non-hydrogen) atoms. The third kappa shape index (κ3) is 5.71. The van der Waals surface area contributed by atoms with Crippen LogP contribution in [0.3, 0.4) is 0 Å². The van der Waals surface area contributed by atoms with Crippen molar-refractivity contribution in [3.8, 4) is 0 Å². The van der Waals surface area contributed by atoms with E-state index >= 15 is 0 Å². The summed E-state index contributed by atoms with van der Waals surface area (Å²) in [4.78, 5) is 2.64. The first-order valence-corrected chi connectivity index (χ1v) is 8.73. The van der Waals surface area contributed by atoms with Crippen molar-refractivity contribution in [2.75, 3.05) is 33.4 Å². The molecule has 0 aromatic carbocycles. The molecule has 1 aliphatic rings. The van der Waals surface area contributed by atoms with Crippen molar-refractivity contribution in [1.29, 1.82) is 0 Å². The molecular formula is C17H36N2O. The first-order valence-electron chi connectivity index (χ1n) is 8.73. The molecule has 3 atom stereocenters. The predicted octanol–water partition coefficient (Wildman–Crippen LogP) is 3.29. The van der Waals surface area contributed by atoms with Gasteiger partial charge in [0, 0.05) is 25.7 Å².